The van der Waals surface area contributed by atoms with Crippen molar-refractivity contribution in [2.24, 2.45) is 5.10 Å². The summed E-state index contributed by atoms with van der Waals surface area (Å²) in [4.78, 5) is 12.0. The first-order valence-corrected chi connectivity index (χ1v) is 6.77. The molecule has 1 aliphatic rings. The summed E-state index contributed by atoms with van der Waals surface area (Å²) in [5.74, 6) is 0.0818. The summed E-state index contributed by atoms with van der Waals surface area (Å²) >= 11 is 1.49. The molecule has 1 N–H and O–H groups in total. The van der Waals surface area contributed by atoms with Crippen molar-refractivity contribution in [2.75, 3.05) is 5.01 Å². The van der Waals surface area contributed by atoms with Crippen LogP contribution in [-0.2, 0) is 4.79 Å². The van der Waals surface area contributed by atoms with Crippen molar-refractivity contribution in [2.45, 2.75) is 13.3 Å². The highest BCUT2D eigenvalue weighted by Crippen LogP contribution is 2.30. The number of rotatable bonds is 2. The lowest BCUT2D eigenvalue weighted by molar-refractivity contribution is -0.116. The zero-order valence-corrected chi connectivity index (χ0v) is 11.1. The number of nitrogens with zero attached hydrogens (tertiary/aromatic N) is 2. The van der Waals surface area contributed by atoms with Crippen molar-refractivity contribution in [3.8, 4) is 5.75 Å². The summed E-state index contributed by atoms with van der Waals surface area (Å²) in [5.41, 5.74) is 2.33. The number of hydrogen-bond acceptors (Lipinski definition) is 4. The molecule has 1 aliphatic heterocycles. The van der Waals surface area contributed by atoms with Gasteiger partial charge in [-0.25, -0.2) is 0 Å². The second kappa shape index (κ2) is 4.51. The van der Waals surface area contributed by atoms with Crippen LogP contribution in [-0.4, -0.2) is 16.7 Å². The quantitative estimate of drug-likeness (QED) is 0.914. The number of para-hydroxylation sites is 1. The number of hydrazone groups is 1. The highest BCUT2D eigenvalue weighted by Gasteiger charge is 2.28. The van der Waals surface area contributed by atoms with Gasteiger partial charge in [-0.15, -0.1) is 11.3 Å². The zero-order chi connectivity index (χ0) is 13.4. The molecule has 0 radical (unpaired) electrons. The van der Waals surface area contributed by atoms with Crippen LogP contribution in [0.1, 0.15) is 17.5 Å². The van der Waals surface area contributed by atoms with Crippen molar-refractivity contribution < 1.29 is 9.90 Å². The van der Waals surface area contributed by atoms with Crippen molar-refractivity contribution >= 4 is 28.0 Å². The van der Waals surface area contributed by atoms with Crippen LogP contribution in [0.3, 0.4) is 0 Å². The first-order valence-electron chi connectivity index (χ1n) is 5.89. The molecule has 0 saturated heterocycles. The average molecular weight is 272 g/mol. The number of carbonyl (C=O) groups excluding carboxylic acids is 1. The van der Waals surface area contributed by atoms with E-state index in [9.17, 15) is 9.90 Å². The number of aromatic hydroxyl groups is 1. The maximum atomic E-state index is 12.0. The maximum Gasteiger partial charge on any atom is 0.254 e. The standard InChI is InChI=1S/C14H12N2O2S/c1-9-6-14(19-8-9)16-13(18)7-11(15-16)10-4-2-3-5-12(10)17/h2-6,8,17H,7H2,1H3. The number of phenolic OH excluding ortho intramolecular Hbond substituents is 1. The van der Waals surface area contributed by atoms with Gasteiger partial charge >= 0.3 is 0 Å². The molecule has 0 spiro atoms. The van der Waals surface area contributed by atoms with Gasteiger partial charge in [0.1, 0.15) is 10.8 Å². The molecule has 2 aromatic rings. The smallest absolute Gasteiger partial charge is 0.254 e. The fourth-order valence-electron chi connectivity index (χ4n) is 2.00. The summed E-state index contributed by atoms with van der Waals surface area (Å²) in [6.45, 7) is 1.98. The highest BCUT2D eigenvalue weighted by molar-refractivity contribution is 7.14. The monoisotopic (exact) mass is 272 g/mol. The molecular formula is C14H12N2O2S. The lowest BCUT2D eigenvalue weighted by Crippen LogP contribution is -2.18. The van der Waals surface area contributed by atoms with Gasteiger partial charge in [0.15, 0.2) is 0 Å². The summed E-state index contributed by atoms with van der Waals surface area (Å²) in [7, 11) is 0. The Morgan fingerprint density at radius 1 is 1.37 bits per heavy atom. The minimum atomic E-state index is -0.0693. The van der Waals surface area contributed by atoms with Crippen LogP contribution in [0.25, 0.3) is 0 Å². The van der Waals surface area contributed by atoms with Gasteiger partial charge in [-0.3, -0.25) is 4.79 Å². The molecule has 5 heteroatoms. The minimum Gasteiger partial charge on any atom is -0.507 e. The molecule has 0 atom stereocenters. The molecule has 96 valence electrons. The van der Waals surface area contributed by atoms with E-state index in [0.29, 0.717) is 11.3 Å². The number of aryl methyl sites for hydroxylation is 1. The van der Waals surface area contributed by atoms with Gasteiger partial charge in [-0.05, 0) is 36.1 Å². The van der Waals surface area contributed by atoms with E-state index in [1.54, 1.807) is 18.2 Å². The van der Waals surface area contributed by atoms with Gasteiger partial charge in [0.05, 0.1) is 12.1 Å². The maximum absolute atomic E-state index is 12.0. The Morgan fingerprint density at radius 3 is 2.84 bits per heavy atom. The lowest BCUT2D eigenvalue weighted by atomic mass is 10.1. The number of phenols is 1. The second-order valence-corrected chi connectivity index (χ2v) is 5.30. The molecule has 0 fully saturated rings. The third kappa shape index (κ3) is 2.13. The largest absolute Gasteiger partial charge is 0.507 e. The Balaban J connectivity index is 1.98. The Bertz CT molecular complexity index is 676. The normalized spacial score (nSPS) is 14.9. The summed E-state index contributed by atoms with van der Waals surface area (Å²) in [5, 5.41) is 18.4. The van der Waals surface area contributed by atoms with Crippen molar-refractivity contribution in [1.29, 1.82) is 0 Å². The van der Waals surface area contributed by atoms with Crippen LogP contribution in [0, 0.1) is 6.92 Å². The van der Waals surface area contributed by atoms with Crippen molar-refractivity contribution in [3.05, 3.63) is 46.8 Å². The number of benzene rings is 1. The predicted molar refractivity (Wildman–Crippen MR) is 75.8 cm³/mol. The van der Waals surface area contributed by atoms with E-state index in [1.165, 1.54) is 16.3 Å². The molecule has 3 rings (SSSR count). The molecule has 0 bridgehead atoms. The average Bonchev–Trinajstić information content (AvgIpc) is 2.96. The topological polar surface area (TPSA) is 52.9 Å². The van der Waals surface area contributed by atoms with Crippen LogP contribution in [0.4, 0.5) is 5.00 Å². The number of amides is 1. The molecule has 4 nitrogen and oxygen atoms in total. The first-order chi connectivity index (χ1) is 9.15. The van der Waals surface area contributed by atoms with Crippen molar-refractivity contribution in [3.63, 3.8) is 0 Å². The molecule has 19 heavy (non-hydrogen) atoms. The Labute approximate surface area is 114 Å². The summed E-state index contributed by atoms with van der Waals surface area (Å²) in [6, 6.07) is 8.86. The van der Waals surface area contributed by atoms with E-state index in [2.05, 4.69) is 5.10 Å². The number of anilines is 1. The number of thiophene rings is 1. The Kier molecular flexibility index (Phi) is 2.83. The van der Waals surface area contributed by atoms with E-state index in [-0.39, 0.29) is 18.1 Å². The lowest BCUT2D eigenvalue weighted by Gasteiger charge is -2.07. The molecular weight excluding hydrogens is 260 g/mol. The van der Waals surface area contributed by atoms with Crippen LogP contribution < -0.4 is 5.01 Å². The van der Waals surface area contributed by atoms with Crippen LogP contribution >= 0.6 is 11.3 Å². The Morgan fingerprint density at radius 2 is 2.16 bits per heavy atom. The van der Waals surface area contributed by atoms with Gasteiger partial charge in [-0.2, -0.15) is 10.1 Å². The fraction of sp³-hybridized carbons (Fsp3) is 0.143. The van der Waals surface area contributed by atoms with Gasteiger partial charge in [-0.1, -0.05) is 12.1 Å². The number of hydrogen-bond donors (Lipinski definition) is 1. The van der Waals surface area contributed by atoms with Gasteiger partial charge in [0.25, 0.3) is 5.91 Å². The first kappa shape index (κ1) is 11.9. The molecule has 2 heterocycles. The number of carbonyl (C=O) groups is 1. The van der Waals surface area contributed by atoms with Gasteiger partial charge in [0, 0.05) is 5.56 Å². The van der Waals surface area contributed by atoms with Crippen LogP contribution in [0.5, 0.6) is 5.75 Å². The SMILES string of the molecule is Cc1csc(N2N=C(c3ccccc3O)CC2=O)c1. The molecule has 0 unspecified atom stereocenters. The van der Waals surface area contributed by atoms with E-state index in [0.717, 1.165) is 10.6 Å². The predicted octanol–water partition coefficient (Wildman–Crippen LogP) is 2.90. The molecule has 1 aromatic carbocycles. The third-order valence-electron chi connectivity index (χ3n) is 2.92. The van der Waals surface area contributed by atoms with E-state index < -0.39 is 0 Å². The van der Waals surface area contributed by atoms with E-state index >= 15 is 0 Å². The molecule has 0 aliphatic carbocycles. The minimum absolute atomic E-state index is 0.0693. The van der Waals surface area contributed by atoms with Gasteiger partial charge < -0.3 is 5.11 Å². The van der Waals surface area contributed by atoms with Crippen LogP contribution in [0.2, 0.25) is 0 Å². The highest BCUT2D eigenvalue weighted by atomic mass is 32.1. The Hall–Kier alpha value is -2.14. The zero-order valence-electron chi connectivity index (χ0n) is 10.3. The van der Waals surface area contributed by atoms with E-state index in [1.807, 2.05) is 24.4 Å². The summed E-state index contributed by atoms with van der Waals surface area (Å²) < 4.78 is 0. The fourth-order valence-corrected chi connectivity index (χ4v) is 2.87. The summed E-state index contributed by atoms with van der Waals surface area (Å²) in [6.07, 6.45) is 0.217. The third-order valence-corrected chi connectivity index (χ3v) is 3.94. The van der Waals surface area contributed by atoms with Gasteiger partial charge in [0.2, 0.25) is 0 Å². The molecule has 0 saturated carbocycles. The second-order valence-electron chi connectivity index (χ2n) is 4.41. The van der Waals surface area contributed by atoms with E-state index in [4.69, 9.17) is 0 Å². The molecule has 1 amide bonds. The van der Waals surface area contributed by atoms with Crippen molar-refractivity contribution in [1.82, 2.24) is 0 Å². The van der Waals surface area contributed by atoms with Crippen LogP contribution in [0.15, 0.2) is 40.8 Å². The molecule has 1 aromatic heterocycles.